The second-order valence-corrected chi connectivity index (χ2v) is 5.61. The summed E-state index contributed by atoms with van der Waals surface area (Å²) in [6, 6.07) is 4.95. The molecule has 1 aromatic carbocycles. The first kappa shape index (κ1) is 12.1. The molecule has 18 heavy (non-hydrogen) atoms. The fourth-order valence-electron chi connectivity index (χ4n) is 2.91. The topological polar surface area (TPSA) is 3.24 Å². The van der Waals surface area contributed by atoms with Crippen LogP contribution in [-0.2, 0) is 12.2 Å². The Morgan fingerprint density at radius 1 is 1.11 bits per heavy atom. The predicted octanol–water partition coefficient (Wildman–Crippen LogP) is 3.77. The summed E-state index contributed by atoms with van der Waals surface area (Å²) in [7, 11) is 0. The fourth-order valence-corrected chi connectivity index (χ4v) is 2.91. The number of hydrogen-bond acceptors (Lipinski definition) is 1. The average Bonchev–Trinajstić information content (AvgIpc) is 2.81. The summed E-state index contributed by atoms with van der Waals surface area (Å²) in [4.78, 5) is 2.26. The molecule has 1 aliphatic heterocycles. The number of likely N-dealkylation sites (tertiary alicyclic amines) is 1. The normalized spacial score (nSPS) is 23.0. The molecule has 3 heteroatoms. The van der Waals surface area contributed by atoms with Gasteiger partial charge in [0.15, 0.2) is 0 Å². The van der Waals surface area contributed by atoms with Gasteiger partial charge in [0, 0.05) is 12.1 Å². The zero-order chi connectivity index (χ0) is 12.6. The summed E-state index contributed by atoms with van der Waals surface area (Å²) < 4.78 is 28.2. The van der Waals surface area contributed by atoms with Crippen LogP contribution in [0.2, 0.25) is 0 Å². The Labute approximate surface area is 107 Å². The van der Waals surface area contributed by atoms with Crippen molar-refractivity contribution in [2.24, 2.45) is 0 Å². The van der Waals surface area contributed by atoms with Gasteiger partial charge in [-0.2, -0.15) is 0 Å². The minimum absolute atomic E-state index is 0.247. The smallest absolute Gasteiger partial charge is 0.136 e. The standard InChI is InChI=1S/C15H19F2N/c16-14-10-13(15(17)6-3-7-15)5-4-12(14)11-18-8-1-2-9-18/h4-5,10H,1-3,6-9,11H2. The Balaban J connectivity index is 1.76. The first-order valence-electron chi connectivity index (χ1n) is 6.88. The number of benzene rings is 1. The van der Waals surface area contributed by atoms with Crippen molar-refractivity contribution in [2.75, 3.05) is 13.1 Å². The van der Waals surface area contributed by atoms with Crippen LogP contribution in [-0.4, -0.2) is 18.0 Å². The van der Waals surface area contributed by atoms with Crippen molar-refractivity contribution < 1.29 is 8.78 Å². The van der Waals surface area contributed by atoms with E-state index in [4.69, 9.17) is 0 Å². The van der Waals surface area contributed by atoms with Crippen molar-refractivity contribution in [3.05, 3.63) is 35.1 Å². The maximum atomic E-state index is 14.2. The van der Waals surface area contributed by atoms with Crippen LogP contribution in [0.15, 0.2) is 18.2 Å². The third-order valence-corrected chi connectivity index (χ3v) is 4.31. The lowest BCUT2D eigenvalue weighted by atomic mass is 9.76. The molecule has 1 aliphatic carbocycles. The highest BCUT2D eigenvalue weighted by Crippen LogP contribution is 2.45. The van der Waals surface area contributed by atoms with Gasteiger partial charge in [-0.15, -0.1) is 0 Å². The quantitative estimate of drug-likeness (QED) is 0.790. The molecule has 2 fully saturated rings. The van der Waals surface area contributed by atoms with E-state index in [0.29, 0.717) is 30.5 Å². The molecule has 0 amide bonds. The van der Waals surface area contributed by atoms with E-state index in [9.17, 15) is 8.78 Å². The van der Waals surface area contributed by atoms with E-state index in [-0.39, 0.29) is 5.82 Å². The van der Waals surface area contributed by atoms with Gasteiger partial charge >= 0.3 is 0 Å². The molecule has 0 aromatic heterocycles. The van der Waals surface area contributed by atoms with E-state index < -0.39 is 5.67 Å². The number of hydrogen-bond donors (Lipinski definition) is 0. The van der Waals surface area contributed by atoms with Crippen LogP contribution in [0.1, 0.15) is 43.2 Å². The first-order chi connectivity index (χ1) is 8.67. The maximum absolute atomic E-state index is 14.2. The highest BCUT2D eigenvalue weighted by molar-refractivity contribution is 5.30. The van der Waals surface area contributed by atoms with E-state index in [2.05, 4.69) is 4.90 Å². The third kappa shape index (κ3) is 2.16. The molecular formula is C15H19F2N. The molecule has 0 spiro atoms. The zero-order valence-corrected chi connectivity index (χ0v) is 10.6. The van der Waals surface area contributed by atoms with Crippen LogP contribution in [0.4, 0.5) is 8.78 Å². The maximum Gasteiger partial charge on any atom is 0.136 e. The SMILES string of the molecule is Fc1cc(C2(F)CCC2)ccc1CN1CCCC1. The number of nitrogens with zero attached hydrogens (tertiary/aromatic N) is 1. The van der Waals surface area contributed by atoms with Crippen molar-refractivity contribution >= 4 is 0 Å². The zero-order valence-electron chi connectivity index (χ0n) is 10.6. The lowest BCUT2D eigenvalue weighted by Gasteiger charge is -2.34. The Morgan fingerprint density at radius 2 is 1.83 bits per heavy atom. The Hall–Kier alpha value is -0.960. The molecule has 2 aliphatic rings. The first-order valence-corrected chi connectivity index (χ1v) is 6.88. The summed E-state index contributed by atoms with van der Waals surface area (Å²) >= 11 is 0. The lowest BCUT2D eigenvalue weighted by Crippen LogP contribution is -2.29. The number of alkyl halides is 1. The minimum Gasteiger partial charge on any atom is -0.299 e. The molecular weight excluding hydrogens is 232 g/mol. The van der Waals surface area contributed by atoms with E-state index in [1.165, 1.54) is 18.9 Å². The molecule has 3 rings (SSSR count). The van der Waals surface area contributed by atoms with Gasteiger partial charge in [0.1, 0.15) is 11.5 Å². The van der Waals surface area contributed by atoms with Crippen molar-refractivity contribution in [1.29, 1.82) is 0 Å². The minimum atomic E-state index is -1.26. The Bertz CT molecular complexity index is 434. The van der Waals surface area contributed by atoms with Crippen molar-refractivity contribution in [2.45, 2.75) is 44.3 Å². The molecule has 0 unspecified atom stereocenters. The van der Waals surface area contributed by atoms with Gasteiger partial charge in [-0.25, -0.2) is 8.78 Å². The van der Waals surface area contributed by atoms with Gasteiger partial charge in [0.25, 0.3) is 0 Å². The van der Waals surface area contributed by atoms with Crippen LogP contribution in [0, 0.1) is 5.82 Å². The van der Waals surface area contributed by atoms with Gasteiger partial charge < -0.3 is 0 Å². The predicted molar refractivity (Wildman–Crippen MR) is 67.5 cm³/mol. The fraction of sp³-hybridized carbons (Fsp3) is 0.600. The van der Waals surface area contributed by atoms with E-state index >= 15 is 0 Å². The largest absolute Gasteiger partial charge is 0.299 e. The molecule has 0 atom stereocenters. The van der Waals surface area contributed by atoms with Gasteiger partial charge in [-0.3, -0.25) is 4.90 Å². The molecule has 1 aromatic rings. The van der Waals surface area contributed by atoms with Crippen molar-refractivity contribution in [3.8, 4) is 0 Å². The van der Waals surface area contributed by atoms with Crippen LogP contribution in [0.25, 0.3) is 0 Å². The lowest BCUT2D eigenvalue weighted by molar-refractivity contribution is 0.0605. The van der Waals surface area contributed by atoms with Gasteiger partial charge in [0.05, 0.1) is 0 Å². The molecule has 1 saturated carbocycles. The monoisotopic (exact) mass is 251 g/mol. The van der Waals surface area contributed by atoms with Gasteiger partial charge in [-0.05, 0) is 56.8 Å². The Kier molecular flexibility index (Phi) is 3.10. The molecule has 1 saturated heterocycles. The molecule has 1 nitrogen and oxygen atoms in total. The van der Waals surface area contributed by atoms with E-state index in [1.54, 1.807) is 12.1 Å². The highest BCUT2D eigenvalue weighted by atomic mass is 19.1. The molecule has 0 radical (unpaired) electrons. The third-order valence-electron chi connectivity index (χ3n) is 4.31. The molecule has 0 bridgehead atoms. The highest BCUT2D eigenvalue weighted by Gasteiger charge is 2.39. The van der Waals surface area contributed by atoms with Crippen LogP contribution < -0.4 is 0 Å². The number of rotatable bonds is 3. The van der Waals surface area contributed by atoms with Crippen molar-refractivity contribution in [3.63, 3.8) is 0 Å². The van der Waals surface area contributed by atoms with E-state index in [1.807, 2.05) is 0 Å². The molecule has 0 N–H and O–H groups in total. The van der Waals surface area contributed by atoms with E-state index in [0.717, 1.165) is 19.5 Å². The summed E-state index contributed by atoms with van der Waals surface area (Å²) in [6.07, 6.45) is 4.39. The molecule has 1 heterocycles. The van der Waals surface area contributed by atoms with Crippen LogP contribution in [0.5, 0.6) is 0 Å². The van der Waals surface area contributed by atoms with Gasteiger partial charge in [0.2, 0.25) is 0 Å². The summed E-state index contributed by atoms with van der Waals surface area (Å²) in [5.41, 5.74) is -0.0347. The number of halogens is 2. The molecule has 98 valence electrons. The van der Waals surface area contributed by atoms with Gasteiger partial charge in [-0.1, -0.05) is 12.1 Å². The summed E-state index contributed by atoms with van der Waals surface area (Å²) in [5.74, 6) is -0.247. The summed E-state index contributed by atoms with van der Waals surface area (Å²) in [6.45, 7) is 2.76. The van der Waals surface area contributed by atoms with Crippen molar-refractivity contribution in [1.82, 2.24) is 4.90 Å². The Morgan fingerprint density at radius 3 is 2.39 bits per heavy atom. The van der Waals surface area contributed by atoms with Crippen LogP contribution >= 0.6 is 0 Å². The second kappa shape index (κ2) is 4.61. The average molecular weight is 251 g/mol. The van der Waals surface area contributed by atoms with Crippen LogP contribution in [0.3, 0.4) is 0 Å². The second-order valence-electron chi connectivity index (χ2n) is 5.61. The summed E-state index contributed by atoms with van der Waals surface area (Å²) in [5, 5.41) is 0.